The van der Waals surface area contributed by atoms with Crippen molar-refractivity contribution >= 4 is 10.0 Å². The number of hydrogen-bond acceptors (Lipinski definition) is 4. The van der Waals surface area contributed by atoms with Crippen LogP contribution in [-0.4, -0.2) is 23.4 Å². The summed E-state index contributed by atoms with van der Waals surface area (Å²) in [5.74, 6) is 0. The van der Waals surface area contributed by atoms with Gasteiger partial charge in [0.15, 0.2) is 5.25 Å². The summed E-state index contributed by atoms with van der Waals surface area (Å²) < 4.78 is 27.5. The Morgan fingerprint density at radius 3 is 2.71 bits per heavy atom. The van der Waals surface area contributed by atoms with Crippen LogP contribution >= 0.6 is 0 Å². The Morgan fingerprint density at radius 1 is 1.65 bits per heavy atom. The topological polar surface area (TPSA) is 87.8 Å². The van der Waals surface area contributed by atoms with Gasteiger partial charge in [0, 0.05) is 25.4 Å². The molecule has 6 nitrogen and oxygen atoms in total. The smallest absolute Gasteiger partial charge is 0.228 e. The first-order valence-electron chi connectivity index (χ1n) is 5.28. The van der Waals surface area contributed by atoms with E-state index < -0.39 is 15.3 Å². The van der Waals surface area contributed by atoms with E-state index in [1.807, 2.05) is 6.92 Å². The van der Waals surface area contributed by atoms with Crippen LogP contribution in [-0.2, 0) is 23.6 Å². The van der Waals surface area contributed by atoms with E-state index in [0.29, 0.717) is 0 Å². The fourth-order valence-electron chi connectivity index (χ4n) is 1.48. The first kappa shape index (κ1) is 13.7. The Labute approximate surface area is 101 Å². The highest BCUT2D eigenvalue weighted by atomic mass is 32.2. The molecule has 17 heavy (non-hydrogen) atoms. The zero-order chi connectivity index (χ0) is 13.1. The molecule has 94 valence electrons. The summed E-state index contributed by atoms with van der Waals surface area (Å²) in [5.41, 5.74) is 1.59. The molecule has 0 aliphatic heterocycles. The summed E-state index contributed by atoms with van der Waals surface area (Å²) >= 11 is 0. The van der Waals surface area contributed by atoms with E-state index in [-0.39, 0.29) is 13.0 Å². The highest BCUT2D eigenvalue weighted by Crippen LogP contribution is 2.07. The van der Waals surface area contributed by atoms with E-state index in [1.54, 1.807) is 30.9 Å². The predicted octanol–water partition coefficient (Wildman–Crippen LogP) is 0.450. The quantitative estimate of drug-likeness (QED) is 0.828. The van der Waals surface area contributed by atoms with Crippen LogP contribution in [0.4, 0.5) is 0 Å². The van der Waals surface area contributed by atoms with Crippen LogP contribution in [0, 0.1) is 18.3 Å². The van der Waals surface area contributed by atoms with Crippen LogP contribution < -0.4 is 4.72 Å². The molecule has 0 aliphatic carbocycles. The predicted molar refractivity (Wildman–Crippen MR) is 63.4 cm³/mol. The van der Waals surface area contributed by atoms with Crippen LogP contribution in [0.5, 0.6) is 0 Å². The van der Waals surface area contributed by atoms with E-state index >= 15 is 0 Å². The molecule has 1 atom stereocenters. The Bertz CT molecular complexity index is 527. The molecule has 0 saturated carbocycles. The highest BCUT2D eigenvalue weighted by molar-refractivity contribution is 7.90. The minimum atomic E-state index is -3.58. The fraction of sp³-hybridized carbons (Fsp3) is 0.600. The van der Waals surface area contributed by atoms with Gasteiger partial charge in [0.25, 0.3) is 0 Å². The summed E-state index contributed by atoms with van der Waals surface area (Å²) in [6.45, 7) is 3.65. The van der Waals surface area contributed by atoms with E-state index in [0.717, 1.165) is 11.3 Å². The lowest BCUT2D eigenvalue weighted by atomic mass is 10.3. The Kier molecular flexibility index (Phi) is 4.26. The second kappa shape index (κ2) is 5.29. The van der Waals surface area contributed by atoms with Crippen molar-refractivity contribution in [3.05, 3.63) is 17.5 Å². The number of sulfonamides is 1. The van der Waals surface area contributed by atoms with Gasteiger partial charge in [-0.3, -0.25) is 4.68 Å². The molecule has 0 amide bonds. The molecular weight excluding hydrogens is 240 g/mol. The number of aromatic nitrogens is 2. The lowest BCUT2D eigenvalue weighted by molar-refractivity contribution is 0.572. The van der Waals surface area contributed by atoms with Crippen molar-refractivity contribution in [2.45, 2.75) is 32.1 Å². The summed E-state index contributed by atoms with van der Waals surface area (Å²) in [6.07, 6.45) is 2.03. The number of hydrogen-bond donors (Lipinski definition) is 1. The average molecular weight is 256 g/mol. The molecule has 0 spiro atoms. The zero-order valence-corrected chi connectivity index (χ0v) is 11.0. The van der Waals surface area contributed by atoms with Crippen molar-refractivity contribution in [2.24, 2.45) is 7.05 Å². The maximum atomic E-state index is 11.7. The Balaban J connectivity index is 2.75. The minimum absolute atomic E-state index is 0.167. The lowest BCUT2D eigenvalue weighted by Crippen LogP contribution is -2.32. The lowest BCUT2D eigenvalue weighted by Gasteiger charge is -2.09. The van der Waals surface area contributed by atoms with Gasteiger partial charge in [-0.25, -0.2) is 13.1 Å². The third-order valence-electron chi connectivity index (χ3n) is 2.47. The molecule has 0 aromatic carbocycles. The van der Waals surface area contributed by atoms with Crippen LogP contribution in [0.1, 0.15) is 24.6 Å². The molecule has 1 heterocycles. The summed E-state index contributed by atoms with van der Waals surface area (Å²) in [6, 6.07) is 1.78. The van der Waals surface area contributed by atoms with Gasteiger partial charge in [0.1, 0.15) is 0 Å². The Hall–Kier alpha value is -1.39. The van der Waals surface area contributed by atoms with Gasteiger partial charge in [-0.15, -0.1) is 0 Å². The largest absolute Gasteiger partial charge is 0.275 e. The van der Waals surface area contributed by atoms with E-state index in [1.165, 1.54) is 0 Å². The summed E-state index contributed by atoms with van der Waals surface area (Å²) in [7, 11) is -1.80. The van der Waals surface area contributed by atoms with E-state index in [9.17, 15) is 8.42 Å². The van der Waals surface area contributed by atoms with E-state index in [4.69, 9.17) is 5.26 Å². The second-order valence-electron chi connectivity index (χ2n) is 3.81. The molecule has 0 radical (unpaired) electrons. The first-order chi connectivity index (χ1) is 7.90. The molecule has 1 aromatic heterocycles. The molecule has 1 N–H and O–H groups in total. The second-order valence-corrected chi connectivity index (χ2v) is 5.75. The molecule has 1 aromatic rings. The average Bonchev–Trinajstić information content (AvgIpc) is 2.56. The van der Waals surface area contributed by atoms with Crippen molar-refractivity contribution in [1.29, 1.82) is 5.26 Å². The normalized spacial score (nSPS) is 13.3. The van der Waals surface area contributed by atoms with Crippen molar-refractivity contribution in [2.75, 3.05) is 0 Å². The monoisotopic (exact) mass is 256 g/mol. The van der Waals surface area contributed by atoms with Gasteiger partial charge in [-0.05, 0) is 13.3 Å². The number of nitriles is 1. The van der Waals surface area contributed by atoms with Gasteiger partial charge >= 0.3 is 0 Å². The molecule has 1 unspecified atom stereocenters. The number of nitrogens with one attached hydrogen (secondary N) is 1. The van der Waals surface area contributed by atoms with Crippen LogP contribution in [0.25, 0.3) is 0 Å². The maximum absolute atomic E-state index is 11.7. The SMILES string of the molecule is CCC(C#N)S(=O)(=O)NCc1cn(C)nc1C. The van der Waals surface area contributed by atoms with Crippen molar-refractivity contribution in [3.63, 3.8) is 0 Å². The van der Waals surface area contributed by atoms with Crippen molar-refractivity contribution < 1.29 is 8.42 Å². The molecule has 0 aliphatic rings. The van der Waals surface area contributed by atoms with Crippen LogP contribution in [0.3, 0.4) is 0 Å². The van der Waals surface area contributed by atoms with Crippen LogP contribution in [0.15, 0.2) is 6.20 Å². The molecule has 0 saturated heterocycles. The third-order valence-corrected chi connectivity index (χ3v) is 4.20. The molecule has 0 bridgehead atoms. The van der Waals surface area contributed by atoms with Crippen molar-refractivity contribution in [3.8, 4) is 6.07 Å². The Morgan fingerprint density at radius 2 is 2.29 bits per heavy atom. The summed E-state index contributed by atoms with van der Waals surface area (Å²) in [5, 5.41) is 11.8. The van der Waals surface area contributed by atoms with Gasteiger partial charge < -0.3 is 0 Å². The van der Waals surface area contributed by atoms with Gasteiger partial charge in [0.05, 0.1) is 11.8 Å². The fourth-order valence-corrected chi connectivity index (χ4v) is 2.62. The third kappa shape index (κ3) is 3.28. The van der Waals surface area contributed by atoms with Crippen molar-refractivity contribution in [1.82, 2.24) is 14.5 Å². The van der Waals surface area contributed by atoms with Gasteiger partial charge in [-0.1, -0.05) is 6.92 Å². The number of nitrogens with zero attached hydrogens (tertiary/aromatic N) is 3. The van der Waals surface area contributed by atoms with E-state index in [2.05, 4.69) is 9.82 Å². The maximum Gasteiger partial charge on any atom is 0.228 e. The number of rotatable bonds is 5. The standard InChI is InChI=1S/C10H16N4O2S/c1-4-10(5-11)17(15,16)12-6-9-7-14(3)13-8(9)2/h7,10,12H,4,6H2,1-3H3. The molecule has 1 rings (SSSR count). The number of aryl methyl sites for hydroxylation is 2. The molecular formula is C10H16N4O2S. The van der Waals surface area contributed by atoms with Crippen LogP contribution in [0.2, 0.25) is 0 Å². The van der Waals surface area contributed by atoms with Gasteiger partial charge in [0.2, 0.25) is 10.0 Å². The summed E-state index contributed by atoms with van der Waals surface area (Å²) in [4.78, 5) is 0. The first-order valence-corrected chi connectivity index (χ1v) is 6.82. The minimum Gasteiger partial charge on any atom is -0.275 e. The molecule has 7 heteroatoms. The highest BCUT2D eigenvalue weighted by Gasteiger charge is 2.23. The molecule has 0 fully saturated rings. The van der Waals surface area contributed by atoms with Gasteiger partial charge in [-0.2, -0.15) is 10.4 Å². The zero-order valence-electron chi connectivity index (χ0n) is 10.1.